The van der Waals surface area contributed by atoms with Gasteiger partial charge in [0.2, 0.25) is 0 Å². The van der Waals surface area contributed by atoms with Gasteiger partial charge in [-0.2, -0.15) is 0 Å². The smallest absolute Gasteiger partial charge is 0.264 e. The molecule has 2 aromatic rings. The van der Waals surface area contributed by atoms with Crippen molar-refractivity contribution in [2.45, 2.75) is 19.9 Å². The number of rotatable bonds is 3. The molecule has 3 heterocycles. The summed E-state index contributed by atoms with van der Waals surface area (Å²) in [4.78, 5) is 17.9. The van der Waals surface area contributed by atoms with Gasteiger partial charge in [0.15, 0.2) is 0 Å². The number of nitrogens with zero attached hydrogens (tertiary/aromatic N) is 2. The Bertz CT molecular complexity index is 748. The molecular formula is C19H22N2O2S. The van der Waals surface area contributed by atoms with E-state index in [9.17, 15) is 4.79 Å². The SMILES string of the molecule is Cc1ccsc1C(=O)N1CCN(Cc2ccc3c(c2)CCO3)CC1. The van der Waals surface area contributed by atoms with Crippen molar-refractivity contribution in [3.8, 4) is 5.75 Å². The van der Waals surface area contributed by atoms with Crippen molar-refractivity contribution < 1.29 is 9.53 Å². The number of carbonyl (C=O) groups excluding carboxylic acids is 1. The fourth-order valence-electron chi connectivity index (χ4n) is 3.44. The quantitative estimate of drug-likeness (QED) is 0.860. The van der Waals surface area contributed by atoms with Gasteiger partial charge in [0, 0.05) is 39.1 Å². The van der Waals surface area contributed by atoms with Crippen LogP contribution in [0.15, 0.2) is 29.6 Å². The number of amides is 1. The first-order chi connectivity index (χ1) is 11.7. The van der Waals surface area contributed by atoms with Gasteiger partial charge in [-0.25, -0.2) is 0 Å². The minimum absolute atomic E-state index is 0.192. The van der Waals surface area contributed by atoms with Crippen molar-refractivity contribution in [3.05, 3.63) is 51.2 Å². The third kappa shape index (κ3) is 3.06. The standard InChI is InChI=1S/C19H22N2O2S/c1-14-5-11-24-18(14)19(22)21-8-6-20(7-9-21)13-15-2-3-17-16(12-15)4-10-23-17/h2-3,5,11-12H,4,6-10,13H2,1H3. The summed E-state index contributed by atoms with van der Waals surface area (Å²) < 4.78 is 5.57. The summed E-state index contributed by atoms with van der Waals surface area (Å²) in [5, 5.41) is 2.00. The molecule has 0 N–H and O–H groups in total. The summed E-state index contributed by atoms with van der Waals surface area (Å²) in [5.41, 5.74) is 3.76. The maximum atomic E-state index is 12.6. The van der Waals surface area contributed by atoms with Crippen LogP contribution in [0.5, 0.6) is 5.75 Å². The van der Waals surface area contributed by atoms with Gasteiger partial charge in [0.1, 0.15) is 5.75 Å². The summed E-state index contributed by atoms with van der Waals surface area (Å²) >= 11 is 1.55. The van der Waals surface area contributed by atoms with Crippen LogP contribution in [0.25, 0.3) is 0 Å². The zero-order valence-electron chi connectivity index (χ0n) is 14.0. The van der Waals surface area contributed by atoms with Crippen LogP contribution in [0.4, 0.5) is 0 Å². The molecule has 0 radical (unpaired) electrons. The Morgan fingerprint density at radius 2 is 2.04 bits per heavy atom. The molecule has 24 heavy (non-hydrogen) atoms. The normalized spacial score (nSPS) is 17.6. The van der Waals surface area contributed by atoms with E-state index in [1.165, 1.54) is 11.1 Å². The zero-order chi connectivity index (χ0) is 16.5. The van der Waals surface area contributed by atoms with Gasteiger partial charge in [-0.15, -0.1) is 11.3 Å². The number of benzene rings is 1. The molecule has 0 spiro atoms. The molecule has 2 aliphatic rings. The third-order valence-corrected chi connectivity index (χ3v) is 5.88. The van der Waals surface area contributed by atoms with E-state index in [4.69, 9.17) is 4.74 Å². The first-order valence-corrected chi connectivity index (χ1v) is 9.39. The van der Waals surface area contributed by atoms with E-state index in [0.29, 0.717) is 0 Å². The van der Waals surface area contributed by atoms with E-state index < -0.39 is 0 Å². The monoisotopic (exact) mass is 342 g/mol. The van der Waals surface area contributed by atoms with Crippen LogP contribution < -0.4 is 4.74 Å². The number of fused-ring (bicyclic) bond motifs is 1. The van der Waals surface area contributed by atoms with Crippen LogP contribution in [0.1, 0.15) is 26.4 Å². The topological polar surface area (TPSA) is 32.8 Å². The highest BCUT2D eigenvalue weighted by Gasteiger charge is 2.24. The molecule has 5 heteroatoms. The van der Waals surface area contributed by atoms with E-state index in [-0.39, 0.29) is 5.91 Å². The number of carbonyl (C=O) groups is 1. The Balaban J connectivity index is 1.35. The van der Waals surface area contributed by atoms with Gasteiger partial charge < -0.3 is 9.64 Å². The highest BCUT2D eigenvalue weighted by molar-refractivity contribution is 7.12. The van der Waals surface area contributed by atoms with Crippen LogP contribution in [0, 0.1) is 6.92 Å². The number of ether oxygens (including phenoxy) is 1. The van der Waals surface area contributed by atoms with E-state index >= 15 is 0 Å². The lowest BCUT2D eigenvalue weighted by Crippen LogP contribution is -2.48. The van der Waals surface area contributed by atoms with Crippen molar-refractivity contribution >= 4 is 17.2 Å². The summed E-state index contributed by atoms with van der Waals surface area (Å²) in [6.07, 6.45) is 1.02. The molecule has 0 unspecified atom stereocenters. The summed E-state index contributed by atoms with van der Waals surface area (Å²) in [6, 6.07) is 8.55. The van der Waals surface area contributed by atoms with E-state index in [1.807, 2.05) is 23.3 Å². The maximum absolute atomic E-state index is 12.6. The average Bonchev–Trinajstić information content (AvgIpc) is 3.23. The van der Waals surface area contributed by atoms with E-state index in [0.717, 1.165) is 61.9 Å². The molecule has 126 valence electrons. The van der Waals surface area contributed by atoms with Crippen LogP contribution >= 0.6 is 11.3 Å². The summed E-state index contributed by atoms with van der Waals surface area (Å²) in [6.45, 7) is 7.26. The lowest BCUT2D eigenvalue weighted by molar-refractivity contribution is 0.0632. The Morgan fingerprint density at radius 3 is 2.79 bits per heavy atom. The van der Waals surface area contributed by atoms with Crippen LogP contribution in [-0.2, 0) is 13.0 Å². The number of hydrogen-bond donors (Lipinski definition) is 0. The van der Waals surface area contributed by atoms with Crippen LogP contribution in [0.3, 0.4) is 0 Å². The maximum Gasteiger partial charge on any atom is 0.264 e. The minimum atomic E-state index is 0.192. The lowest BCUT2D eigenvalue weighted by atomic mass is 10.1. The average molecular weight is 342 g/mol. The number of piperazine rings is 1. The first kappa shape index (κ1) is 15.7. The van der Waals surface area contributed by atoms with Crippen LogP contribution in [-0.4, -0.2) is 48.5 Å². The second kappa shape index (κ2) is 6.57. The number of hydrogen-bond acceptors (Lipinski definition) is 4. The number of aryl methyl sites for hydroxylation is 1. The van der Waals surface area contributed by atoms with Gasteiger partial charge in [0.25, 0.3) is 5.91 Å². The largest absolute Gasteiger partial charge is 0.493 e. The molecule has 0 saturated carbocycles. The molecule has 1 aromatic carbocycles. The molecule has 0 aliphatic carbocycles. The molecule has 1 amide bonds. The van der Waals surface area contributed by atoms with E-state index in [1.54, 1.807) is 11.3 Å². The Labute approximate surface area is 146 Å². The molecule has 4 rings (SSSR count). The molecule has 1 saturated heterocycles. The molecular weight excluding hydrogens is 320 g/mol. The minimum Gasteiger partial charge on any atom is -0.493 e. The molecule has 1 fully saturated rings. The van der Waals surface area contributed by atoms with Gasteiger partial charge in [-0.1, -0.05) is 12.1 Å². The first-order valence-electron chi connectivity index (χ1n) is 8.51. The van der Waals surface area contributed by atoms with Crippen molar-refractivity contribution in [1.29, 1.82) is 0 Å². The highest BCUT2D eigenvalue weighted by atomic mass is 32.1. The van der Waals surface area contributed by atoms with Gasteiger partial charge in [-0.3, -0.25) is 9.69 Å². The van der Waals surface area contributed by atoms with E-state index in [2.05, 4.69) is 23.1 Å². The second-order valence-corrected chi connectivity index (χ2v) is 7.46. The Hall–Kier alpha value is -1.85. The van der Waals surface area contributed by atoms with Gasteiger partial charge in [0.05, 0.1) is 11.5 Å². The fraction of sp³-hybridized carbons (Fsp3) is 0.421. The molecule has 0 bridgehead atoms. The van der Waals surface area contributed by atoms with Crippen molar-refractivity contribution in [3.63, 3.8) is 0 Å². The number of thiophene rings is 1. The van der Waals surface area contributed by atoms with Gasteiger partial charge >= 0.3 is 0 Å². The second-order valence-electron chi connectivity index (χ2n) is 6.54. The lowest BCUT2D eigenvalue weighted by Gasteiger charge is -2.34. The molecule has 4 nitrogen and oxygen atoms in total. The highest BCUT2D eigenvalue weighted by Crippen LogP contribution is 2.26. The van der Waals surface area contributed by atoms with Crippen LogP contribution in [0.2, 0.25) is 0 Å². The van der Waals surface area contributed by atoms with Crippen molar-refractivity contribution in [2.75, 3.05) is 32.8 Å². The third-order valence-electron chi connectivity index (χ3n) is 4.88. The van der Waals surface area contributed by atoms with Gasteiger partial charge in [-0.05, 0) is 41.1 Å². The molecule has 0 atom stereocenters. The predicted molar refractivity (Wildman–Crippen MR) is 95.9 cm³/mol. The molecule has 2 aliphatic heterocycles. The van der Waals surface area contributed by atoms with Crippen molar-refractivity contribution in [2.24, 2.45) is 0 Å². The van der Waals surface area contributed by atoms with Crippen molar-refractivity contribution in [1.82, 2.24) is 9.80 Å². The fourth-order valence-corrected chi connectivity index (χ4v) is 4.33. The zero-order valence-corrected chi connectivity index (χ0v) is 14.8. The Morgan fingerprint density at radius 1 is 1.21 bits per heavy atom. The Kier molecular flexibility index (Phi) is 4.29. The molecule has 1 aromatic heterocycles. The summed E-state index contributed by atoms with van der Waals surface area (Å²) in [7, 11) is 0. The predicted octanol–water partition coefficient (Wildman–Crippen LogP) is 2.95. The summed E-state index contributed by atoms with van der Waals surface area (Å²) in [5.74, 6) is 1.23.